The second kappa shape index (κ2) is 6.34. The van der Waals surface area contributed by atoms with E-state index in [1.54, 1.807) is 10.4 Å². The number of nitrogens with zero attached hydrogens (tertiary/aromatic N) is 1. The first-order valence-corrected chi connectivity index (χ1v) is 9.81. The second-order valence-electron chi connectivity index (χ2n) is 5.64. The highest BCUT2D eigenvalue weighted by Gasteiger charge is 2.41. The van der Waals surface area contributed by atoms with Crippen molar-refractivity contribution >= 4 is 21.4 Å². The van der Waals surface area contributed by atoms with Gasteiger partial charge in [-0.2, -0.15) is 4.31 Å². The number of nitrogens with two attached hydrogens (primary N) is 1. The van der Waals surface area contributed by atoms with Gasteiger partial charge in [-0.25, -0.2) is 8.42 Å². The summed E-state index contributed by atoms with van der Waals surface area (Å²) >= 11 is 1.35. The predicted octanol–water partition coefficient (Wildman–Crippen LogP) is 1.58. The quantitative estimate of drug-likeness (QED) is 0.910. The lowest BCUT2D eigenvalue weighted by molar-refractivity contribution is -0.0585. The maximum atomic E-state index is 12.9. The smallest absolute Gasteiger partial charge is 0.252 e. The molecule has 0 spiro atoms. The Kier molecular flexibility index (Phi) is 4.66. The molecular formula is C14H22N2O3S2. The van der Waals surface area contributed by atoms with Gasteiger partial charge < -0.3 is 10.5 Å². The van der Waals surface area contributed by atoms with Gasteiger partial charge in [0.05, 0.1) is 18.8 Å². The number of hydrogen-bond acceptors (Lipinski definition) is 5. The molecule has 2 fully saturated rings. The molecule has 2 atom stereocenters. The third-order valence-corrected chi connectivity index (χ3v) is 7.81. The summed E-state index contributed by atoms with van der Waals surface area (Å²) in [6, 6.07) is 3.61. The molecule has 0 bridgehead atoms. The summed E-state index contributed by atoms with van der Waals surface area (Å²) in [6.07, 6.45) is 4.90. The molecule has 0 amide bonds. The molecule has 118 valence electrons. The lowest BCUT2D eigenvalue weighted by Crippen LogP contribution is -2.54. The topological polar surface area (TPSA) is 72.6 Å². The van der Waals surface area contributed by atoms with Crippen molar-refractivity contribution in [2.75, 3.05) is 19.7 Å². The van der Waals surface area contributed by atoms with Crippen molar-refractivity contribution in [2.24, 2.45) is 5.73 Å². The minimum absolute atomic E-state index is 0.0116. The number of fused-ring (bicyclic) bond motifs is 1. The van der Waals surface area contributed by atoms with Gasteiger partial charge in [0, 0.05) is 11.4 Å². The van der Waals surface area contributed by atoms with Crippen molar-refractivity contribution in [3.05, 3.63) is 17.0 Å². The number of hydrogen-bond donors (Lipinski definition) is 1. The highest BCUT2D eigenvalue weighted by atomic mass is 32.2. The molecule has 1 aromatic rings. The van der Waals surface area contributed by atoms with E-state index in [0.717, 1.165) is 37.0 Å². The number of rotatable bonds is 4. The summed E-state index contributed by atoms with van der Waals surface area (Å²) in [5, 5.41) is 0. The zero-order valence-corrected chi connectivity index (χ0v) is 13.7. The molecule has 3 rings (SSSR count). The molecule has 2 aliphatic rings. The van der Waals surface area contributed by atoms with Crippen molar-refractivity contribution in [3.63, 3.8) is 0 Å². The van der Waals surface area contributed by atoms with Crippen LogP contribution in [-0.2, 0) is 21.2 Å². The lowest BCUT2D eigenvalue weighted by Gasteiger charge is -2.42. The SMILES string of the molecule is NCCc1ccc(S(=O)(=O)N2CCOC3CCCCC32)s1. The van der Waals surface area contributed by atoms with E-state index in [-0.39, 0.29) is 12.1 Å². The summed E-state index contributed by atoms with van der Waals surface area (Å²) in [5.74, 6) is 0. The van der Waals surface area contributed by atoms with Crippen LogP contribution in [0.5, 0.6) is 0 Å². The van der Waals surface area contributed by atoms with E-state index in [2.05, 4.69) is 0 Å². The van der Waals surface area contributed by atoms with Gasteiger partial charge in [0.25, 0.3) is 10.0 Å². The van der Waals surface area contributed by atoms with E-state index < -0.39 is 10.0 Å². The molecule has 2 N–H and O–H groups in total. The van der Waals surface area contributed by atoms with Gasteiger partial charge >= 0.3 is 0 Å². The number of ether oxygens (including phenoxy) is 1. The second-order valence-corrected chi connectivity index (χ2v) is 8.92. The Bertz CT molecular complexity index is 583. The molecule has 1 aromatic heterocycles. The monoisotopic (exact) mass is 330 g/mol. The molecule has 1 aliphatic heterocycles. The first-order valence-electron chi connectivity index (χ1n) is 7.55. The Morgan fingerprint density at radius 1 is 1.33 bits per heavy atom. The first-order chi connectivity index (χ1) is 10.1. The van der Waals surface area contributed by atoms with Crippen molar-refractivity contribution in [3.8, 4) is 0 Å². The highest BCUT2D eigenvalue weighted by molar-refractivity contribution is 7.91. The zero-order valence-electron chi connectivity index (χ0n) is 12.0. The minimum atomic E-state index is -3.40. The van der Waals surface area contributed by atoms with Gasteiger partial charge in [-0.1, -0.05) is 12.8 Å². The summed E-state index contributed by atoms with van der Waals surface area (Å²) in [5.41, 5.74) is 5.54. The summed E-state index contributed by atoms with van der Waals surface area (Å²) in [4.78, 5) is 1.03. The molecule has 1 saturated carbocycles. The normalized spacial score (nSPS) is 27.5. The molecule has 21 heavy (non-hydrogen) atoms. The van der Waals surface area contributed by atoms with E-state index in [9.17, 15) is 8.42 Å². The lowest BCUT2D eigenvalue weighted by atomic mass is 9.91. The zero-order chi connectivity index (χ0) is 14.9. The van der Waals surface area contributed by atoms with E-state index in [1.165, 1.54) is 11.3 Å². The fourth-order valence-electron chi connectivity index (χ4n) is 3.25. The third-order valence-electron chi connectivity index (χ3n) is 4.27. The largest absolute Gasteiger partial charge is 0.375 e. The van der Waals surface area contributed by atoms with Crippen molar-refractivity contribution in [1.82, 2.24) is 4.31 Å². The van der Waals surface area contributed by atoms with Crippen LogP contribution in [0.15, 0.2) is 16.3 Å². The highest BCUT2D eigenvalue weighted by Crippen LogP contribution is 2.34. The summed E-state index contributed by atoms with van der Waals surface area (Å²) < 4.78 is 33.7. The Hall–Kier alpha value is -0.470. The molecule has 0 aromatic carbocycles. The molecule has 2 unspecified atom stereocenters. The molecule has 7 heteroatoms. The predicted molar refractivity (Wildman–Crippen MR) is 83.0 cm³/mol. The van der Waals surface area contributed by atoms with Crippen LogP contribution < -0.4 is 5.73 Å². The van der Waals surface area contributed by atoms with Gasteiger partial charge in [-0.3, -0.25) is 0 Å². The van der Waals surface area contributed by atoms with E-state index in [4.69, 9.17) is 10.5 Å². The van der Waals surface area contributed by atoms with Crippen molar-refractivity contribution in [1.29, 1.82) is 0 Å². The van der Waals surface area contributed by atoms with Crippen LogP contribution in [0.2, 0.25) is 0 Å². The standard InChI is InChI=1S/C14H22N2O3S2/c15-8-7-11-5-6-14(20-11)21(17,18)16-9-10-19-13-4-2-1-3-12(13)16/h5-6,12-13H,1-4,7-10,15H2. The van der Waals surface area contributed by atoms with Crippen LogP contribution in [0.4, 0.5) is 0 Å². The molecule has 2 heterocycles. The van der Waals surface area contributed by atoms with Crippen LogP contribution in [0.25, 0.3) is 0 Å². The van der Waals surface area contributed by atoms with Crippen LogP contribution in [-0.4, -0.2) is 44.6 Å². The maximum absolute atomic E-state index is 12.9. The molecule has 1 saturated heterocycles. The van der Waals surface area contributed by atoms with Gasteiger partial charge in [0.1, 0.15) is 4.21 Å². The summed E-state index contributed by atoms with van der Waals surface area (Å²) in [7, 11) is -3.40. The van der Waals surface area contributed by atoms with Gasteiger partial charge in [0.2, 0.25) is 0 Å². The average Bonchev–Trinajstić information content (AvgIpc) is 2.96. The van der Waals surface area contributed by atoms with Crippen molar-refractivity contribution < 1.29 is 13.2 Å². The maximum Gasteiger partial charge on any atom is 0.252 e. The van der Waals surface area contributed by atoms with E-state index in [1.807, 2.05) is 6.07 Å². The molecule has 5 nitrogen and oxygen atoms in total. The average molecular weight is 330 g/mol. The fraction of sp³-hybridized carbons (Fsp3) is 0.714. The number of sulfonamides is 1. The van der Waals surface area contributed by atoms with Crippen LogP contribution in [0, 0.1) is 0 Å². The molecular weight excluding hydrogens is 308 g/mol. The number of morpholine rings is 1. The minimum Gasteiger partial charge on any atom is -0.375 e. The molecule has 0 radical (unpaired) electrons. The van der Waals surface area contributed by atoms with Crippen molar-refractivity contribution in [2.45, 2.75) is 48.5 Å². The Morgan fingerprint density at radius 2 is 2.14 bits per heavy atom. The number of thiophene rings is 1. The van der Waals surface area contributed by atoms with Gasteiger partial charge in [-0.15, -0.1) is 11.3 Å². The van der Waals surface area contributed by atoms with E-state index >= 15 is 0 Å². The van der Waals surface area contributed by atoms with Crippen LogP contribution >= 0.6 is 11.3 Å². The first kappa shape index (κ1) is 15.4. The van der Waals surface area contributed by atoms with Crippen LogP contribution in [0.3, 0.4) is 0 Å². The molecule has 1 aliphatic carbocycles. The fourth-order valence-corrected chi connectivity index (χ4v) is 6.41. The third kappa shape index (κ3) is 3.03. The van der Waals surface area contributed by atoms with E-state index in [0.29, 0.717) is 23.9 Å². The Labute approximate surface area is 130 Å². The van der Waals surface area contributed by atoms with Crippen LogP contribution in [0.1, 0.15) is 30.6 Å². The Balaban J connectivity index is 1.85. The van der Waals surface area contributed by atoms with Gasteiger partial charge in [-0.05, 0) is 37.9 Å². The summed E-state index contributed by atoms with van der Waals surface area (Å²) in [6.45, 7) is 1.51. The Morgan fingerprint density at radius 3 is 2.95 bits per heavy atom. The van der Waals surface area contributed by atoms with Gasteiger partial charge in [0.15, 0.2) is 0 Å².